The molecular weight excluding hydrogens is 240 g/mol. The first-order valence-corrected chi connectivity index (χ1v) is 8.69. The molecule has 0 aliphatic carbocycles. The molecule has 0 spiro atoms. The van der Waals surface area contributed by atoms with Gasteiger partial charge in [-0.1, -0.05) is 20.8 Å². The van der Waals surface area contributed by atoms with Gasteiger partial charge in [-0.3, -0.25) is 0 Å². The minimum atomic E-state index is 0.411. The molecule has 2 N–H and O–H groups in total. The number of rotatable bonds is 6. The third-order valence-corrected chi connectivity index (χ3v) is 5.13. The molecule has 0 aromatic heterocycles. The highest BCUT2D eigenvalue weighted by Crippen LogP contribution is 2.32. The molecule has 0 aromatic carbocycles. The quantitative estimate of drug-likeness (QED) is 0.805. The van der Waals surface area contributed by atoms with E-state index in [-0.39, 0.29) is 0 Å². The van der Waals surface area contributed by atoms with E-state index in [0.717, 1.165) is 12.5 Å². The molecule has 1 fully saturated rings. The van der Waals surface area contributed by atoms with Crippen LogP contribution in [0, 0.1) is 11.3 Å². The summed E-state index contributed by atoms with van der Waals surface area (Å²) in [5, 5.41) is 0. The van der Waals surface area contributed by atoms with E-state index in [1.807, 2.05) is 0 Å². The highest BCUT2D eigenvalue weighted by Gasteiger charge is 2.23. The highest BCUT2D eigenvalue weighted by molar-refractivity contribution is 7.99. The Morgan fingerprint density at radius 3 is 2.61 bits per heavy atom. The van der Waals surface area contributed by atoms with Gasteiger partial charge in [-0.05, 0) is 62.4 Å². The van der Waals surface area contributed by atoms with E-state index in [2.05, 4.69) is 37.4 Å². The summed E-state index contributed by atoms with van der Waals surface area (Å²) < 4.78 is 0. The summed E-state index contributed by atoms with van der Waals surface area (Å²) in [6.45, 7) is 11.8. The fraction of sp³-hybridized carbons (Fsp3) is 1.00. The molecule has 108 valence electrons. The molecule has 1 heterocycles. The van der Waals surface area contributed by atoms with Crippen LogP contribution in [0.15, 0.2) is 0 Å². The Bertz CT molecular complexity index is 205. The largest absolute Gasteiger partial charge is 0.330 e. The lowest BCUT2D eigenvalue weighted by Gasteiger charge is -2.31. The summed E-state index contributed by atoms with van der Waals surface area (Å²) >= 11 is 2.11. The summed E-state index contributed by atoms with van der Waals surface area (Å²) in [6.07, 6.45) is 5.23. The molecule has 3 heteroatoms. The molecule has 1 aliphatic rings. The Hall–Kier alpha value is 0.270. The van der Waals surface area contributed by atoms with E-state index in [1.54, 1.807) is 0 Å². The Morgan fingerprint density at radius 2 is 1.94 bits per heavy atom. The van der Waals surface area contributed by atoms with Crippen LogP contribution in [-0.4, -0.2) is 42.6 Å². The maximum absolute atomic E-state index is 5.75. The summed E-state index contributed by atoms with van der Waals surface area (Å²) in [4.78, 5) is 2.65. The van der Waals surface area contributed by atoms with Crippen molar-refractivity contribution in [2.45, 2.75) is 46.5 Å². The van der Waals surface area contributed by atoms with Crippen molar-refractivity contribution in [1.29, 1.82) is 0 Å². The lowest BCUT2D eigenvalue weighted by Crippen LogP contribution is -2.29. The summed E-state index contributed by atoms with van der Waals surface area (Å²) in [5.74, 6) is 3.46. The first-order chi connectivity index (χ1) is 8.54. The molecule has 1 aliphatic heterocycles. The molecule has 0 amide bonds. The maximum atomic E-state index is 5.75. The lowest BCUT2D eigenvalue weighted by atomic mass is 9.76. The zero-order chi connectivity index (χ0) is 13.4. The smallest absolute Gasteiger partial charge is 0.00723 e. The van der Waals surface area contributed by atoms with Crippen LogP contribution in [0.1, 0.15) is 46.5 Å². The van der Waals surface area contributed by atoms with Gasteiger partial charge >= 0.3 is 0 Å². The van der Waals surface area contributed by atoms with Crippen molar-refractivity contribution in [3.63, 3.8) is 0 Å². The number of thioether (sulfide) groups is 1. The second-order valence-corrected chi connectivity index (χ2v) is 7.81. The van der Waals surface area contributed by atoms with Crippen molar-refractivity contribution in [3.8, 4) is 0 Å². The molecule has 18 heavy (non-hydrogen) atoms. The third kappa shape index (κ3) is 6.44. The fourth-order valence-electron chi connectivity index (χ4n) is 2.79. The minimum absolute atomic E-state index is 0.411. The van der Waals surface area contributed by atoms with Crippen LogP contribution in [-0.2, 0) is 0 Å². The van der Waals surface area contributed by atoms with Crippen LogP contribution in [0.3, 0.4) is 0 Å². The second kappa shape index (κ2) is 8.44. The Morgan fingerprint density at radius 1 is 1.17 bits per heavy atom. The van der Waals surface area contributed by atoms with Gasteiger partial charge in [0.1, 0.15) is 0 Å². The topological polar surface area (TPSA) is 29.3 Å². The maximum Gasteiger partial charge on any atom is 0.00723 e. The van der Waals surface area contributed by atoms with E-state index in [9.17, 15) is 0 Å². The number of hydrogen-bond donors (Lipinski definition) is 1. The molecule has 0 bridgehead atoms. The Kier molecular flexibility index (Phi) is 7.66. The van der Waals surface area contributed by atoms with Crippen LogP contribution in [0.25, 0.3) is 0 Å². The molecule has 1 unspecified atom stereocenters. The van der Waals surface area contributed by atoms with Gasteiger partial charge in [0.05, 0.1) is 0 Å². The van der Waals surface area contributed by atoms with Gasteiger partial charge in [0.15, 0.2) is 0 Å². The van der Waals surface area contributed by atoms with Crippen LogP contribution >= 0.6 is 11.8 Å². The van der Waals surface area contributed by atoms with Gasteiger partial charge in [-0.15, -0.1) is 0 Å². The van der Waals surface area contributed by atoms with Gasteiger partial charge in [-0.25, -0.2) is 0 Å². The monoisotopic (exact) mass is 272 g/mol. The molecule has 0 radical (unpaired) electrons. The standard InChI is InChI=1S/C15H32N2S/c1-15(2,3)14(7-8-16)6-4-9-17-10-5-12-18-13-11-17/h14H,4-13,16H2,1-3H3. The molecule has 1 rings (SSSR count). The third-order valence-electron chi connectivity index (χ3n) is 4.08. The van der Waals surface area contributed by atoms with Gasteiger partial charge in [0.25, 0.3) is 0 Å². The van der Waals surface area contributed by atoms with Crippen LogP contribution in [0.2, 0.25) is 0 Å². The van der Waals surface area contributed by atoms with Crippen molar-refractivity contribution in [3.05, 3.63) is 0 Å². The van der Waals surface area contributed by atoms with E-state index in [4.69, 9.17) is 5.73 Å². The van der Waals surface area contributed by atoms with E-state index in [1.165, 1.54) is 56.8 Å². The second-order valence-electron chi connectivity index (χ2n) is 6.59. The average Bonchev–Trinajstić information content (AvgIpc) is 2.55. The predicted molar refractivity (Wildman–Crippen MR) is 84.2 cm³/mol. The van der Waals surface area contributed by atoms with Crippen LogP contribution in [0.4, 0.5) is 0 Å². The number of nitrogens with zero attached hydrogens (tertiary/aromatic N) is 1. The molecule has 1 atom stereocenters. The lowest BCUT2D eigenvalue weighted by molar-refractivity contribution is 0.196. The van der Waals surface area contributed by atoms with E-state index in [0.29, 0.717) is 5.41 Å². The molecule has 2 nitrogen and oxygen atoms in total. The van der Waals surface area contributed by atoms with Crippen molar-refractivity contribution >= 4 is 11.8 Å². The summed E-state index contributed by atoms with van der Waals surface area (Å²) in [7, 11) is 0. The first kappa shape index (κ1) is 16.3. The molecular formula is C15H32N2S. The highest BCUT2D eigenvalue weighted by atomic mass is 32.2. The van der Waals surface area contributed by atoms with Crippen molar-refractivity contribution in [2.24, 2.45) is 17.1 Å². The average molecular weight is 273 g/mol. The zero-order valence-electron chi connectivity index (χ0n) is 12.6. The SMILES string of the molecule is CC(C)(C)C(CCN)CCCN1CCCSCC1. The fourth-order valence-corrected chi connectivity index (χ4v) is 3.72. The van der Waals surface area contributed by atoms with Gasteiger partial charge < -0.3 is 10.6 Å². The van der Waals surface area contributed by atoms with Gasteiger partial charge in [-0.2, -0.15) is 11.8 Å². The van der Waals surface area contributed by atoms with E-state index >= 15 is 0 Å². The number of hydrogen-bond acceptors (Lipinski definition) is 3. The van der Waals surface area contributed by atoms with Crippen molar-refractivity contribution in [1.82, 2.24) is 4.90 Å². The van der Waals surface area contributed by atoms with Gasteiger partial charge in [0.2, 0.25) is 0 Å². The Labute approximate surface area is 118 Å². The van der Waals surface area contributed by atoms with Gasteiger partial charge in [0, 0.05) is 12.3 Å². The Balaban J connectivity index is 2.25. The number of nitrogens with two attached hydrogens (primary N) is 1. The summed E-state index contributed by atoms with van der Waals surface area (Å²) in [5.41, 5.74) is 6.16. The summed E-state index contributed by atoms with van der Waals surface area (Å²) in [6, 6.07) is 0. The molecule has 0 saturated carbocycles. The van der Waals surface area contributed by atoms with Crippen LogP contribution < -0.4 is 5.73 Å². The predicted octanol–water partition coefficient (Wildman–Crippen LogP) is 3.22. The zero-order valence-corrected chi connectivity index (χ0v) is 13.4. The van der Waals surface area contributed by atoms with Crippen molar-refractivity contribution in [2.75, 3.05) is 37.7 Å². The van der Waals surface area contributed by atoms with Crippen molar-refractivity contribution < 1.29 is 0 Å². The van der Waals surface area contributed by atoms with Crippen LogP contribution in [0.5, 0.6) is 0 Å². The van der Waals surface area contributed by atoms with E-state index < -0.39 is 0 Å². The molecule has 1 saturated heterocycles. The molecule has 0 aromatic rings. The first-order valence-electron chi connectivity index (χ1n) is 7.54. The minimum Gasteiger partial charge on any atom is -0.330 e. The normalized spacial score (nSPS) is 20.7.